The number of anilines is 1. The number of hydrogen-bond acceptors (Lipinski definition) is 6. The first-order chi connectivity index (χ1) is 7.76. The summed E-state index contributed by atoms with van der Waals surface area (Å²) in [5.41, 5.74) is 0.576. The Kier molecular flexibility index (Phi) is 2.97. The molecule has 0 aromatic carbocycles. The molecule has 7 heteroatoms. The highest BCUT2D eigenvalue weighted by Gasteiger charge is 2.11. The summed E-state index contributed by atoms with van der Waals surface area (Å²) in [5.74, 6) is 1.25. The minimum absolute atomic E-state index is 0.174. The average Bonchev–Trinajstić information content (AvgIpc) is 2.69. The molecule has 2 aromatic rings. The number of rotatable bonds is 4. The molecule has 0 aliphatic heterocycles. The summed E-state index contributed by atoms with van der Waals surface area (Å²) in [6, 6.07) is -0.448. The monoisotopic (exact) mass is 223 g/mol. The fraction of sp³-hybridized carbons (Fsp3) is 0.444. The Bertz CT molecular complexity index is 480. The second kappa shape index (κ2) is 4.42. The smallest absolute Gasteiger partial charge is 0.203 e. The topological polar surface area (TPSA) is 95.6 Å². The van der Waals surface area contributed by atoms with Gasteiger partial charge in [-0.1, -0.05) is 0 Å². The van der Waals surface area contributed by atoms with Crippen LogP contribution in [0.3, 0.4) is 0 Å². The molecule has 0 bridgehead atoms. The van der Waals surface area contributed by atoms with E-state index in [-0.39, 0.29) is 13.2 Å². The lowest BCUT2D eigenvalue weighted by atomic mass is 10.3. The number of nitrogens with zero attached hydrogens (tertiary/aromatic N) is 4. The van der Waals surface area contributed by atoms with Crippen LogP contribution in [0.4, 0.5) is 5.82 Å². The van der Waals surface area contributed by atoms with Crippen molar-refractivity contribution in [1.82, 2.24) is 19.6 Å². The zero-order valence-corrected chi connectivity index (χ0v) is 8.83. The molecule has 2 aromatic heterocycles. The van der Waals surface area contributed by atoms with Gasteiger partial charge >= 0.3 is 0 Å². The van der Waals surface area contributed by atoms with Gasteiger partial charge in [0.1, 0.15) is 5.82 Å². The van der Waals surface area contributed by atoms with Gasteiger partial charge in [0.2, 0.25) is 5.65 Å². The van der Waals surface area contributed by atoms with Gasteiger partial charge in [0.15, 0.2) is 5.82 Å². The molecule has 86 valence electrons. The standard InChI is InChI=1S/C9H13N5O2/c1-6-12-13-9-8(10-2-3-14(6)9)11-7(4-15)5-16/h2-3,7,15-16H,4-5H2,1H3,(H,10,11). The zero-order chi connectivity index (χ0) is 11.5. The molecular weight excluding hydrogens is 210 g/mol. The van der Waals surface area contributed by atoms with Crippen LogP contribution in [-0.2, 0) is 0 Å². The second-order valence-electron chi connectivity index (χ2n) is 3.42. The molecule has 0 unspecified atom stereocenters. The van der Waals surface area contributed by atoms with Crippen LogP contribution in [0.25, 0.3) is 5.65 Å². The number of aromatic nitrogens is 4. The molecule has 7 nitrogen and oxygen atoms in total. The maximum Gasteiger partial charge on any atom is 0.203 e. The predicted octanol–water partition coefficient (Wildman–Crippen LogP) is -0.802. The summed E-state index contributed by atoms with van der Waals surface area (Å²) in [6.45, 7) is 1.48. The summed E-state index contributed by atoms with van der Waals surface area (Å²) in [5, 5.41) is 28.7. The van der Waals surface area contributed by atoms with Crippen molar-refractivity contribution in [3.63, 3.8) is 0 Å². The van der Waals surface area contributed by atoms with Crippen LogP contribution >= 0.6 is 0 Å². The Morgan fingerprint density at radius 1 is 1.38 bits per heavy atom. The van der Waals surface area contributed by atoms with E-state index in [2.05, 4.69) is 20.5 Å². The third-order valence-corrected chi connectivity index (χ3v) is 2.28. The van der Waals surface area contributed by atoms with Crippen LogP contribution in [-0.4, -0.2) is 49.1 Å². The van der Waals surface area contributed by atoms with E-state index in [1.165, 1.54) is 0 Å². The van der Waals surface area contributed by atoms with E-state index < -0.39 is 6.04 Å². The summed E-state index contributed by atoms with van der Waals surface area (Å²) in [4.78, 5) is 4.10. The predicted molar refractivity (Wildman–Crippen MR) is 57.1 cm³/mol. The molecule has 0 aliphatic carbocycles. The molecule has 0 saturated heterocycles. The van der Waals surface area contributed by atoms with Gasteiger partial charge in [-0.3, -0.25) is 4.40 Å². The first-order valence-electron chi connectivity index (χ1n) is 4.91. The van der Waals surface area contributed by atoms with Crippen LogP contribution in [0.5, 0.6) is 0 Å². The maximum atomic E-state index is 8.97. The molecule has 0 aliphatic rings. The minimum Gasteiger partial charge on any atom is -0.394 e. The lowest BCUT2D eigenvalue weighted by Gasteiger charge is -2.13. The van der Waals surface area contributed by atoms with Crippen molar-refractivity contribution in [3.8, 4) is 0 Å². The Hall–Kier alpha value is -1.73. The first kappa shape index (κ1) is 10.8. The van der Waals surface area contributed by atoms with E-state index >= 15 is 0 Å². The Morgan fingerprint density at radius 2 is 2.12 bits per heavy atom. The molecule has 2 heterocycles. The van der Waals surface area contributed by atoms with Gasteiger partial charge in [0, 0.05) is 12.4 Å². The highest BCUT2D eigenvalue weighted by atomic mass is 16.3. The molecule has 0 spiro atoms. The quantitative estimate of drug-likeness (QED) is 0.628. The van der Waals surface area contributed by atoms with E-state index in [1.807, 2.05) is 6.92 Å². The molecule has 0 amide bonds. The minimum atomic E-state index is -0.448. The van der Waals surface area contributed by atoms with Crippen LogP contribution in [0.15, 0.2) is 12.4 Å². The van der Waals surface area contributed by atoms with E-state index in [4.69, 9.17) is 10.2 Å². The Labute approximate surface area is 91.8 Å². The summed E-state index contributed by atoms with van der Waals surface area (Å²) in [6.07, 6.45) is 3.36. The molecule has 0 fully saturated rings. The normalized spacial score (nSPS) is 11.2. The maximum absolute atomic E-state index is 8.97. The fourth-order valence-corrected chi connectivity index (χ4v) is 1.39. The van der Waals surface area contributed by atoms with E-state index in [0.717, 1.165) is 5.82 Å². The molecule has 2 rings (SSSR count). The van der Waals surface area contributed by atoms with Crippen molar-refractivity contribution in [2.24, 2.45) is 0 Å². The number of aliphatic hydroxyl groups excluding tert-OH is 2. The molecular formula is C9H13N5O2. The highest BCUT2D eigenvalue weighted by molar-refractivity contribution is 5.62. The van der Waals surface area contributed by atoms with Gasteiger partial charge in [0.05, 0.1) is 19.3 Å². The van der Waals surface area contributed by atoms with E-state index in [9.17, 15) is 0 Å². The van der Waals surface area contributed by atoms with Crippen molar-refractivity contribution >= 4 is 11.5 Å². The SMILES string of the molecule is Cc1nnc2c(NC(CO)CO)nccn12. The number of nitrogens with one attached hydrogen (secondary N) is 1. The van der Waals surface area contributed by atoms with Crippen molar-refractivity contribution in [2.75, 3.05) is 18.5 Å². The average molecular weight is 223 g/mol. The van der Waals surface area contributed by atoms with Gasteiger partial charge in [-0.2, -0.15) is 0 Å². The first-order valence-corrected chi connectivity index (χ1v) is 4.91. The molecule has 0 radical (unpaired) electrons. The molecule has 3 N–H and O–H groups in total. The van der Waals surface area contributed by atoms with Crippen molar-refractivity contribution < 1.29 is 10.2 Å². The van der Waals surface area contributed by atoms with Gasteiger partial charge in [-0.15, -0.1) is 10.2 Å². The summed E-state index contributed by atoms with van der Waals surface area (Å²) >= 11 is 0. The van der Waals surface area contributed by atoms with Crippen LogP contribution in [0.2, 0.25) is 0 Å². The molecule has 0 atom stereocenters. The number of aliphatic hydroxyl groups is 2. The van der Waals surface area contributed by atoms with Crippen molar-refractivity contribution in [2.45, 2.75) is 13.0 Å². The lowest BCUT2D eigenvalue weighted by Crippen LogP contribution is -2.28. The summed E-state index contributed by atoms with van der Waals surface area (Å²) < 4.78 is 1.78. The molecule has 16 heavy (non-hydrogen) atoms. The second-order valence-corrected chi connectivity index (χ2v) is 3.42. The van der Waals surface area contributed by atoms with Gasteiger partial charge in [-0.05, 0) is 6.92 Å². The van der Waals surface area contributed by atoms with E-state index in [1.54, 1.807) is 16.8 Å². The lowest BCUT2D eigenvalue weighted by molar-refractivity contribution is 0.203. The van der Waals surface area contributed by atoms with Crippen LogP contribution in [0.1, 0.15) is 5.82 Å². The van der Waals surface area contributed by atoms with Gasteiger partial charge in [-0.25, -0.2) is 4.98 Å². The zero-order valence-electron chi connectivity index (χ0n) is 8.83. The van der Waals surface area contributed by atoms with Gasteiger partial charge in [0.25, 0.3) is 0 Å². The van der Waals surface area contributed by atoms with Crippen LogP contribution < -0.4 is 5.32 Å². The number of hydrogen-bond donors (Lipinski definition) is 3. The van der Waals surface area contributed by atoms with Crippen LogP contribution in [0, 0.1) is 6.92 Å². The van der Waals surface area contributed by atoms with Gasteiger partial charge < -0.3 is 15.5 Å². The highest BCUT2D eigenvalue weighted by Crippen LogP contribution is 2.12. The third-order valence-electron chi connectivity index (χ3n) is 2.28. The van der Waals surface area contributed by atoms with Crippen molar-refractivity contribution in [3.05, 3.63) is 18.2 Å². The Morgan fingerprint density at radius 3 is 2.81 bits per heavy atom. The molecule has 0 saturated carbocycles. The Balaban J connectivity index is 2.37. The number of aryl methyl sites for hydroxylation is 1. The summed E-state index contributed by atoms with van der Waals surface area (Å²) in [7, 11) is 0. The third kappa shape index (κ3) is 1.82. The van der Waals surface area contributed by atoms with Crippen molar-refractivity contribution in [1.29, 1.82) is 0 Å². The number of fused-ring (bicyclic) bond motifs is 1. The largest absolute Gasteiger partial charge is 0.394 e. The fourth-order valence-electron chi connectivity index (χ4n) is 1.39. The van der Waals surface area contributed by atoms with E-state index in [0.29, 0.717) is 11.5 Å².